The van der Waals surface area contributed by atoms with E-state index in [1.165, 1.54) is 0 Å². The largest absolute Gasteiger partial charge is 0.479 e. The molecule has 0 fully saturated rings. The molecule has 5 heteroatoms. The normalized spacial score (nSPS) is 10.3. The van der Waals surface area contributed by atoms with Gasteiger partial charge in [0.05, 0.1) is 12.7 Å². The maximum Gasteiger partial charge on any atom is 0.242 e. The first-order chi connectivity index (χ1) is 7.22. The quantitative estimate of drug-likeness (QED) is 0.821. The lowest BCUT2D eigenvalue weighted by atomic mass is 10.1. The first kappa shape index (κ1) is 9.86. The molecule has 0 bridgehead atoms. The lowest BCUT2D eigenvalue weighted by molar-refractivity contribution is 0.398. The van der Waals surface area contributed by atoms with E-state index >= 15 is 0 Å². The molecule has 1 aromatic heterocycles. The Balaban J connectivity index is 2.52. The van der Waals surface area contributed by atoms with Crippen LogP contribution in [0.3, 0.4) is 0 Å². The molecule has 1 heterocycles. The maximum atomic E-state index is 5.80. The van der Waals surface area contributed by atoms with Crippen molar-refractivity contribution in [3.8, 4) is 17.0 Å². The third-order valence-electron chi connectivity index (χ3n) is 2.09. The van der Waals surface area contributed by atoms with Gasteiger partial charge in [-0.05, 0) is 17.7 Å². The van der Waals surface area contributed by atoms with Gasteiger partial charge in [0.15, 0.2) is 0 Å². The monoisotopic (exact) mass is 223 g/mol. The number of aromatic nitrogens is 2. The zero-order chi connectivity index (χ0) is 10.8. The van der Waals surface area contributed by atoms with Crippen LogP contribution in [0.5, 0.6) is 5.88 Å². The number of methoxy groups -OCH3 is 1. The molecule has 0 atom stereocenters. The molecule has 0 saturated heterocycles. The van der Waals surface area contributed by atoms with Crippen LogP contribution in [0, 0.1) is 0 Å². The average molecular weight is 224 g/mol. The van der Waals surface area contributed by atoms with Gasteiger partial charge in [0.2, 0.25) is 5.88 Å². The van der Waals surface area contributed by atoms with E-state index in [-0.39, 0.29) is 0 Å². The molecule has 1 aromatic carbocycles. The standard InChI is InChI=1S/C10H10ClN3O/c1-15-10-8(9(12)13-14-10)6-2-4-7(11)5-3-6/h2-5H,1H3,(H3,12,13,14). The number of benzene rings is 1. The number of nitrogens with two attached hydrogens (primary N) is 1. The Morgan fingerprint density at radius 1 is 1.33 bits per heavy atom. The van der Waals surface area contributed by atoms with Gasteiger partial charge in [-0.25, -0.2) is 0 Å². The van der Waals surface area contributed by atoms with Gasteiger partial charge in [-0.3, -0.25) is 5.10 Å². The van der Waals surface area contributed by atoms with Crippen molar-refractivity contribution in [1.82, 2.24) is 10.2 Å². The predicted octanol–water partition coefficient (Wildman–Crippen LogP) is 2.32. The highest BCUT2D eigenvalue weighted by molar-refractivity contribution is 6.30. The van der Waals surface area contributed by atoms with E-state index < -0.39 is 0 Å². The highest BCUT2D eigenvalue weighted by Gasteiger charge is 2.13. The number of hydrogen-bond donors (Lipinski definition) is 2. The first-order valence-corrected chi connectivity index (χ1v) is 4.74. The summed E-state index contributed by atoms with van der Waals surface area (Å²) in [4.78, 5) is 0. The van der Waals surface area contributed by atoms with E-state index in [1.807, 2.05) is 12.1 Å². The van der Waals surface area contributed by atoms with Gasteiger partial charge < -0.3 is 10.5 Å². The van der Waals surface area contributed by atoms with Crippen molar-refractivity contribution in [1.29, 1.82) is 0 Å². The molecule has 15 heavy (non-hydrogen) atoms. The Morgan fingerprint density at radius 2 is 2.00 bits per heavy atom. The van der Waals surface area contributed by atoms with Gasteiger partial charge in [0.1, 0.15) is 5.82 Å². The molecular weight excluding hydrogens is 214 g/mol. The molecular formula is C10H10ClN3O. The van der Waals surface area contributed by atoms with Crippen LogP contribution < -0.4 is 10.5 Å². The Hall–Kier alpha value is -1.68. The molecule has 0 aliphatic rings. The number of hydrogen-bond acceptors (Lipinski definition) is 3. The van der Waals surface area contributed by atoms with E-state index in [4.69, 9.17) is 22.1 Å². The van der Waals surface area contributed by atoms with Crippen molar-refractivity contribution >= 4 is 17.4 Å². The van der Waals surface area contributed by atoms with Crippen molar-refractivity contribution in [3.05, 3.63) is 29.3 Å². The molecule has 0 radical (unpaired) electrons. The third-order valence-corrected chi connectivity index (χ3v) is 2.34. The van der Waals surface area contributed by atoms with Crippen molar-refractivity contribution in [2.45, 2.75) is 0 Å². The van der Waals surface area contributed by atoms with E-state index in [9.17, 15) is 0 Å². The number of ether oxygens (including phenoxy) is 1. The fraction of sp³-hybridized carbons (Fsp3) is 0.100. The fourth-order valence-corrected chi connectivity index (χ4v) is 1.51. The summed E-state index contributed by atoms with van der Waals surface area (Å²) >= 11 is 5.80. The molecule has 0 amide bonds. The van der Waals surface area contributed by atoms with Crippen molar-refractivity contribution in [2.75, 3.05) is 12.8 Å². The van der Waals surface area contributed by atoms with Crippen LogP contribution in [0.1, 0.15) is 0 Å². The number of nitrogens with zero attached hydrogens (tertiary/aromatic N) is 1. The van der Waals surface area contributed by atoms with Crippen molar-refractivity contribution in [3.63, 3.8) is 0 Å². The summed E-state index contributed by atoms with van der Waals surface area (Å²) in [6.45, 7) is 0. The topological polar surface area (TPSA) is 63.9 Å². The number of anilines is 1. The molecule has 3 N–H and O–H groups in total. The van der Waals surface area contributed by atoms with Gasteiger partial charge in [-0.1, -0.05) is 23.7 Å². The minimum atomic E-state index is 0.481. The summed E-state index contributed by atoms with van der Waals surface area (Å²) in [5.41, 5.74) is 7.43. The van der Waals surface area contributed by atoms with Crippen LogP contribution >= 0.6 is 11.6 Å². The highest BCUT2D eigenvalue weighted by atomic mass is 35.5. The van der Waals surface area contributed by atoms with Crippen molar-refractivity contribution in [2.24, 2.45) is 0 Å². The second kappa shape index (κ2) is 3.82. The summed E-state index contributed by atoms with van der Waals surface area (Å²) < 4.78 is 5.10. The van der Waals surface area contributed by atoms with Crippen molar-refractivity contribution < 1.29 is 4.74 Å². The molecule has 0 saturated carbocycles. The number of nitrogen functional groups attached to an aromatic ring is 1. The lowest BCUT2D eigenvalue weighted by Gasteiger charge is -2.02. The summed E-state index contributed by atoms with van der Waals surface area (Å²) in [7, 11) is 1.55. The van der Waals surface area contributed by atoms with E-state index in [2.05, 4.69) is 10.2 Å². The van der Waals surface area contributed by atoms with Gasteiger partial charge in [-0.15, -0.1) is 5.10 Å². The average Bonchev–Trinajstić information content (AvgIpc) is 2.61. The minimum Gasteiger partial charge on any atom is -0.479 e. The molecule has 2 aromatic rings. The van der Waals surface area contributed by atoms with Crippen LogP contribution in [-0.2, 0) is 0 Å². The van der Waals surface area contributed by atoms with Gasteiger partial charge >= 0.3 is 0 Å². The van der Waals surface area contributed by atoms with E-state index in [0.29, 0.717) is 16.7 Å². The molecule has 0 spiro atoms. The van der Waals surface area contributed by atoms with Crippen LogP contribution in [-0.4, -0.2) is 17.3 Å². The first-order valence-electron chi connectivity index (χ1n) is 4.36. The zero-order valence-corrected chi connectivity index (χ0v) is 8.88. The SMILES string of the molecule is COc1n[nH]c(N)c1-c1ccc(Cl)cc1. The Labute approximate surface area is 92.0 Å². The molecule has 0 aliphatic heterocycles. The second-order valence-electron chi connectivity index (χ2n) is 3.03. The summed E-state index contributed by atoms with van der Waals surface area (Å²) in [5, 5.41) is 7.28. The summed E-state index contributed by atoms with van der Waals surface area (Å²) in [6, 6.07) is 7.32. The lowest BCUT2D eigenvalue weighted by Crippen LogP contribution is -1.89. The predicted molar refractivity (Wildman–Crippen MR) is 60.0 cm³/mol. The third kappa shape index (κ3) is 1.76. The summed E-state index contributed by atoms with van der Waals surface area (Å²) in [6.07, 6.45) is 0. The smallest absolute Gasteiger partial charge is 0.242 e. The Bertz CT molecular complexity index is 464. The van der Waals surface area contributed by atoms with E-state index in [1.54, 1.807) is 19.2 Å². The molecule has 4 nitrogen and oxygen atoms in total. The second-order valence-corrected chi connectivity index (χ2v) is 3.46. The Morgan fingerprint density at radius 3 is 2.60 bits per heavy atom. The number of halogens is 1. The molecule has 0 unspecified atom stereocenters. The van der Waals surface area contributed by atoms with Gasteiger partial charge in [-0.2, -0.15) is 0 Å². The zero-order valence-electron chi connectivity index (χ0n) is 8.12. The van der Waals surface area contributed by atoms with Crippen LogP contribution in [0.2, 0.25) is 5.02 Å². The van der Waals surface area contributed by atoms with Gasteiger partial charge in [0.25, 0.3) is 0 Å². The number of nitrogens with one attached hydrogen (secondary N) is 1. The summed E-state index contributed by atoms with van der Waals surface area (Å²) in [5.74, 6) is 0.962. The maximum absolute atomic E-state index is 5.80. The molecule has 2 rings (SSSR count). The molecule has 78 valence electrons. The van der Waals surface area contributed by atoms with Crippen LogP contribution in [0.25, 0.3) is 11.1 Å². The Kier molecular flexibility index (Phi) is 2.51. The van der Waals surface area contributed by atoms with Crippen LogP contribution in [0.15, 0.2) is 24.3 Å². The van der Waals surface area contributed by atoms with Crippen LogP contribution in [0.4, 0.5) is 5.82 Å². The van der Waals surface area contributed by atoms with Gasteiger partial charge in [0, 0.05) is 5.02 Å². The molecule has 0 aliphatic carbocycles. The minimum absolute atomic E-state index is 0.481. The number of H-pyrrole nitrogens is 1. The highest BCUT2D eigenvalue weighted by Crippen LogP contribution is 2.33. The van der Waals surface area contributed by atoms with E-state index in [0.717, 1.165) is 11.1 Å². The number of aromatic amines is 1. The number of rotatable bonds is 2. The fourth-order valence-electron chi connectivity index (χ4n) is 1.38.